The quantitative estimate of drug-likeness (QED) is 0.457. The number of unbranched alkanes of at least 4 members (excludes halogenated alkanes) is 1. The molecule has 1 aromatic heterocycles. The van der Waals surface area contributed by atoms with E-state index in [4.69, 9.17) is 4.74 Å². The Kier molecular flexibility index (Phi) is 6.48. The summed E-state index contributed by atoms with van der Waals surface area (Å²) in [7, 11) is 0. The molecule has 0 bridgehead atoms. The topological polar surface area (TPSA) is 71.2 Å². The first-order valence-corrected chi connectivity index (χ1v) is 9.67. The molecule has 0 aliphatic carbocycles. The Morgan fingerprint density at radius 1 is 1.11 bits per heavy atom. The van der Waals surface area contributed by atoms with E-state index in [-0.39, 0.29) is 5.91 Å². The van der Waals surface area contributed by atoms with Gasteiger partial charge in [0.25, 0.3) is 5.91 Å². The Hall–Kier alpha value is -3.08. The van der Waals surface area contributed by atoms with Crippen molar-refractivity contribution in [3.05, 3.63) is 71.4 Å². The fourth-order valence-corrected chi connectivity index (χ4v) is 3.08. The maximum atomic E-state index is 12.7. The number of hydrogen-bond donors (Lipinski definition) is 2. The molecule has 0 fully saturated rings. The number of ether oxygens (including phenoxy) is 1. The van der Waals surface area contributed by atoms with Gasteiger partial charge in [0, 0.05) is 29.1 Å². The number of amides is 1. The van der Waals surface area contributed by atoms with Gasteiger partial charge in [0.15, 0.2) is 0 Å². The molecule has 1 unspecified atom stereocenters. The maximum Gasteiger partial charge on any atom is 0.328 e. The first-order valence-electron chi connectivity index (χ1n) is 9.67. The van der Waals surface area contributed by atoms with Crippen LogP contribution in [0.2, 0.25) is 0 Å². The lowest BCUT2D eigenvalue weighted by Gasteiger charge is -2.18. The molecule has 1 heterocycles. The molecule has 146 valence electrons. The van der Waals surface area contributed by atoms with Crippen molar-refractivity contribution < 1.29 is 14.3 Å². The van der Waals surface area contributed by atoms with Crippen molar-refractivity contribution in [2.24, 2.45) is 0 Å². The van der Waals surface area contributed by atoms with Gasteiger partial charge >= 0.3 is 5.97 Å². The van der Waals surface area contributed by atoms with Crippen molar-refractivity contribution in [3.8, 4) is 0 Å². The summed E-state index contributed by atoms with van der Waals surface area (Å²) in [5.41, 5.74) is 3.57. The first kappa shape index (κ1) is 19.7. The summed E-state index contributed by atoms with van der Waals surface area (Å²) in [6, 6.07) is 14.4. The van der Waals surface area contributed by atoms with Gasteiger partial charge in [-0.3, -0.25) is 4.79 Å². The molecule has 0 saturated heterocycles. The number of hydrogen-bond acceptors (Lipinski definition) is 3. The average Bonchev–Trinajstić information content (AvgIpc) is 3.11. The van der Waals surface area contributed by atoms with E-state index < -0.39 is 12.0 Å². The minimum absolute atomic E-state index is 0.280. The molecule has 1 atom stereocenters. The van der Waals surface area contributed by atoms with Crippen molar-refractivity contribution in [1.82, 2.24) is 10.3 Å². The second kappa shape index (κ2) is 9.22. The number of benzene rings is 2. The average molecular weight is 378 g/mol. The zero-order valence-corrected chi connectivity index (χ0v) is 16.3. The van der Waals surface area contributed by atoms with E-state index in [0.717, 1.165) is 34.9 Å². The lowest BCUT2D eigenvalue weighted by atomic mass is 10.0. The highest BCUT2D eigenvalue weighted by molar-refractivity contribution is 5.97. The van der Waals surface area contributed by atoms with Crippen LogP contribution >= 0.6 is 0 Å². The second-order valence-electron chi connectivity index (χ2n) is 6.98. The van der Waals surface area contributed by atoms with Crippen LogP contribution in [0, 0.1) is 6.92 Å². The second-order valence-corrected chi connectivity index (χ2v) is 6.98. The Bertz CT molecular complexity index is 944. The van der Waals surface area contributed by atoms with Crippen molar-refractivity contribution in [3.63, 3.8) is 0 Å². The highest BCUT2D eigenvalue weighted by Crippen LogP contribution is 2.19. The number of aryl methyl sites for hydroxylation is 1. The standard InChI is InChI=1S/C23H26N2O3/c1-3-4-13-28-23(27)21(25-22(26)17-11-9-16(2)10-12-17)14-18-15-24-20-8-6-5-7-19(18)20/h5-12,15,21,24H,3-4,13-14H2,1-2H3,(H,25,26). The number of fused-ring (bicyclic) bond motifs is 1. The number of carbonyl (C=O) groups excluding carboxylic acids is 2. The van der Waals surface area contributed by atoms with Crippen LogP contribution in [0.1, 0.15) is 41.3 Å². The van der Waals surface area contributed by atoms with E-state index in [1.165, 1.54) is 0 Å². The third kappa shape index (κ3) is 4.80. The summed E-state index contributed by atoms with van der Waals surface area (Å²) in [5.74, 6) is -0.684. The van der Waals surface area contributed by atoms with E-state index in [1.807, 2.05) is 56.4 Å². The third-order valence-corrected chi connectivity index (χ3v) is 4.74. The highest BCUT2D eigenvalue weighted by Gasteiger charge is 2.24. The summed E-state index contributed by atoms with van der Waals surface area (Å²) in [6.07, 6.45) is 4.00. The Labute approximate surface area is 165 Å². The molecule has 3 rings (SSSR count). The van der Waals surface area contributed by atoms with Crippen molar-refractivity contribution in [2.75, 3.05) is 6.61 Å². The molecule has 28 heavy (non-hydrogen) atoms. The first-order chi connectivity index (χ1) is 13.6. The molecule has 0 aliphatic rings. The van der Waals surface area contributed by atoms with E-state index in [1.54, 1.807) is 12.1 Å². The normalized spacial score (nSPS) is 11.9. The minimum Gasteiger partial charge on any atom is -0.464 e. The van der Waals surface area contributed by atoms with Gasteiger partial charge in [-0.25, -0.2) is 4.79 Å². The molecule has 2 N–H and O–H groups in total. The van der Waals surface area contributed by atoms with E-state index >= 15 is 0 Å². The smallest absolute Gasteiger partial charge is 0.328 e. The predicted molar refractivity (Wildman–Crippen MR) is 110 cm³/mol. The van der Waals surface area contributed by atoms with Crippen molar-refractivity contribution in [1.29, 1.82) is 0 Å². The number of rotatable bonds is 8. The lowest BCUT2D eigenvalue weighted by Crippen LogP contribution is -2.43. The molecule has 0 spiro atoms. The van der Waals surface area contributed by atoms with Gasteiger partial charge in [0.1, 0.15) is 6.04 Å². The fourth-order valence-electron chi connectivity index (χ4n) is 3.08. The van der Waals surface area contributed by atoms with Crippen LogP contribution in [0.25, 0.3) is 10.9 Å². The zero-order chi connectivity index (χ0) is 19.9. The van der Waals surface area contributed by atoms with Crippen LogP contribution in [0.15, 0.2) is 54.7 Å². The van der Waals surface area contributed by atoms with E-state index in [0.29, 0.717) is 18.6 Å². The number of nitrogens with one attached hydrogen (secondary N) is 2. The largest absolute Gasteiger partial charge is 0.464 e. The summed E-state index contributed by atoms with van der Waals surface area (Å²) in [6.45, 7) is 4.36. The number of aromatic nitrogens is 1. The van der Waals surface area contributed by atoms with Crippen molar-refractivity contribution in [2.45, 2.75) is 39.2 Å². The molecule has 0 aliphatic heterocycles. The number of H-pyrrole nitrogens is 1. The third-order valence-electron chi connectivity index (χ3n) is 4.74. The summed E-state index contributed by atoms with van der Waals surface area (Å²) in [4.78, 5) is 28.5. The van der Waals surface area contributed by atoms with Crippen molar-refractivity contribution >= 4 is 22.8 Å². The van der Waals surface area contributed by atoms with Gasteiger partial charge in [0.2, 0.25) is 0 Å². The van der Waals surface area contributed by atoms with Gasteiger partial charge in [-0.15, -0.1) is 0 Å². The van der Waals surface area contributed by atoms with Crippen LogP contribution in [0.5, 0.6) is 0 Å². The molecular formula is C23H26N2O3. The molecule has 0 saturated carbocycles. The minimum atomic E-state index is -0.745. The molecule has 5 nitrogen and oxygen atoms in total. The van der Waals surface area contributed by atoms with Crippen LogP contribution in [-0.2, 0) is 16.0 Å². The molecule has 5 heteroatoms. The maximum absolute atomic E-state index is 12.7. The lowest BCUT2D eigenvalue weighted by molar-refractivity contribution is -0.146. The van der Waals surface area contributed by atoms with Gasteiger partial charge in [0.05, 0.1) is 6.61 Å². The van der Waals surface area contributed by atoms with E-state index in [2.05, 4.69) is 10.3 Å². The summed E-state index contributed by atoms with van der Waals surface area (Å²) < 4.78 is 5.40. The SMILES string of the molecule is CCCCOC(=O)C(Cc1c[nH]c2ccccc12)NC(=O)c1ccc(C)cc1. The number of carbonyl (C=O) groups is 2. The van der Waals surface area contributed by atoms with Gasteiger partial charge < -0.3 is 15.0 Å². The summed E-state index contributed by atoms with van der Waals surface area (Å²) >= 11 is 0. The highest BCUT2D eigenvalue weighted by atomic mass is 16.5. The van der Waals surface area contributed by atoms with Crippen LogP contribution in [0.3, 0.4) is 0 Å². The number of esters is 1. The van der Waals surface area contributed by atoms with Gasteiger partial charge in [-0.05, 0) is 37.1 Å². The molecule has 1 amide bonds. The van der Waals surface area contributed by atoms with Crippen LogP contribution < -0.4 is 5.32 Å². The predicted octanol–water partition coefficient (Wildman–Crippen LogP) is 4.16. The van der Waals surface area contributed by atoms with Gasteiger partial charge in [-0.1, -0.05) is 49.2 Å². The molecular weight excluding hydrogens is 352 g/mol. The van der Waals surface area contributed by atoms with Crippen LogP contribution in [-0.4, -0.2) is 29.5 Å². The number of aromatic amines is 1. The number of para-hydroxylation sites is 1. The fraction of sp³-hybridized carbons (Fsp3) is 0.304. The Balaban J connectivity index is 1.79. The summed E-state index contributed by atoms with van der Waals surface area (Å²) in [5, 5.41) is 3.90. The molecule has 0 radical (unpaired) electrons. The monoisotopic (exact) mass is 378 g/mol. The van der Waals surface area contributed by atoms with Gasteiger partial charge in [-0.2, -0.15) is 0 Å². The molecule has 3 aromatic rings. The molecule has 2 aromatic carbocycles. The Morgan fingerprint density at radius 3 is 2.61 bits per heavy atom. The zero-order valence-electron chi connectivity index (χ0n) is 16.3. The Morgan fingerprint density at radius 2 is 1.86 bits per heavy atom. The van der Waals surface area contributed by atoms with E-state index in [9.17, 15) is 9.59 Å². The van der Waals surface area contributed by atoms with Crippen LogP contribution in [0.4, 0.5) is 0 Å².